The van der Waals surface area contributed by atoms with E-state index in [4.69, 9.17) is 5.11 Å². The van der Waals surface area contributed by atoms with Crippen molar-refractivity contribution in [3.8, 4) is 5.69 Å². The van der Waals surface area contributed by atoms with Gasteiger partial charge < -0.3 is 5.11 Å². The Hall–Kier alpha value is -2.84. The van der Waals surface area contributed by atoms with Crippen LogP contribution in [0.1, 0.15) is 10.5 Å². The number of aromatic nitrogens is 2. The van der Waals surface area contributed by atoms with Crippen LogP contribution in [-0.2, 0) is 0 Å². The van der Waals surface area contributed by atoms with Crippen LogP contribution >= 0.6 is 0 Å². The lowest BCUT2D eigenvalue weighted by Crippen LogP contribution is -2.06. The molecule has 0 saturated heterocycles. The highest BCUT2D eigenvalue weighted by Crippen LogP contribution is 2.23. The first-order chi connectivity index (χ1) is 8.90. The van der Waals surface area contributed by atoms with Gasteiger partial charge in [-0.3, -0.25) is 10.1 Å². The van der Waals surface area contributed by atoms with Gasteiger partial charge >= 0.3 is 5.97 Å². The van der Waals surface area contributed by atoms with Crippen molar-refractivity contribution >= 4 is 11.7 Å². The number of benzene rings is 1. The molecule has 7 nitrogen and oxygen atoms in total. The number of non-ortho nitro benzene ring substituents is 1. The van der Waals surface area contributed by atoms with Crippen molar-refractivity contribution in [2.75, 3.05) is 0 Å². The first kappa shape index (κ1) is 12.6. The van der Waals surface area contributed by atoms with E-state index in [0.29, 0.717) is 16.8 Å². The van der Waals surface area contributed by atoms with Crippen molar-refractivity contribution in [1.82, 2.24) is 9.78 Å². The summed E-state index contributed by atoms with van der Waals surface area (Å²) in [5.74, 6) is -3.79. The van der Waals surface area contributed by atoms with Crippen molar-refractivity contribution in [3.05, 3.63) is 51.8 Å². The lowest BCUT2D eigenvalue weighted by atomic mass is 10.2. The van der Waals surface area contributed by atoms with E-state index in [1.807, 2.05) is 0 Å². The molecule has 1 N–H and O–H groups in total. The van der Waals surface area contributed by atoms with E-state index in [1.54, 1.807) is 0 Å². The lowest BCUT2D eigenvalue weighted by molar-refractivity contribution is -0.385. The number of carboxylic acids is 1. The van der Waals surface area contributed by atoms with Crippen molar-refractivity contribution in [2.45, 2.75) is 0 Å². The second kappa shape index (κ2) is 4.44. The summed E-state index contributed by atoms with van der Waals surface area (Å²) in [6, 6.07) is 2.10. The highest BCUT2D eigenvalue weighted by atomic mass is 19.1. The molecule has 0 aliphatic rings. The third kappa shape index (κ3) is 2.25. The fourth-order valence-corrected chi connectivity index (χ4v) is 1.44. The van der Waals surface area contributed by atoms with E-state index in [1.165, 1.54) is 0 Å². The van der Waals surface area contributed by atoms with E-state index in [2.05, 4.69) is 5.10 Å². The zero-order valence-electron chi connectivity index (χ0n) is 9.08. The molecule has 0 amide bonds. The maximum absolute atomic E-state index is 13.6. The topological polar surface area (TPSA) is 98.3 Å². The third-order valence-electron chi connectivity index (χ3n) is 2.25. The summed E-state index contributed by atoms with van der Waals surface area (Å²) < 4.78 is 27.9. The highest BCUT2D eigenvalue weighted by molar-refractivity contribution is 5.85. The van der Waals surface area contributed by atoms with Crippen LogP contribution in [0, 0.1) is 21.7 Å². The minimum atomic E-state index is -1.36. The molecule has 2 rings (SSSR count). The van der Waals surface area contributed by atoms with Crippen LogP contribution in [0.5, 0.6) is 0 Å². The molecular formula is C10H5F2N3O4. The molecule has 1 aromatic heterocycles. The number of halogens is 2. The predicted molar refractivity (Wildman–Crippen MR) is 57.1 cm³/mol. The summed E-state index contributed by atoms with van der Waals surface area (Å²) in [5, 5.41) is 22.5. The SMILES string of the molecule is O=C(O)c1ccn(-c2c(F)cc([N+](=O)[O-])cc2F)n1. The molecule has 98 valence electrons. The third-order valence-corrected chi connectivity index (χ3v) is 2.25. The Balaban J connectivity index is 2.55. The van der Waals surface area contributed by atoms with Gasteiger partial charge in [-0.05, 0) is 6.07 Å². The lowest BCUT2D eigenvalue weighted by Gasteiger charge is -2.04. The first-order valence-electron chi connectivity index (χ1n) is 4.83. The van der Waals surface area contributed by atoms with Gasteiger partial charge in [0.15, 0.2) is 17.3 Å². The summed E-state index contributed by atoms with van der Waals surface area (Å²) in [6.07, 6.45) is 1.04. The van der Waals surface area contributed by atoms with E-state index in [0.717, 1.165) is 12.3 Å². The van der Waals surface area contributed by atoms with Gasteiger partial charge in [-0.15, -0.1) is 0 Å². The second-order valence-electron chi connectivity index (χ2n) is 3.47. The molecule has 0 aliphatic heterocycles. The maximum atomic E-state index is 13.6. The largest absolute Gasteiger partial charge is 0.476 e. The Labute approximate surface area is 103 Å². The van der Waals surface area contributed by atoms with Gasteiger partial charge in [-0.1, -0.05) is 0 Å². The minimum absolute atomic E-state index is 0.405. The summed E-state index contributed by atoms with van der Waals surface area (Å²) >= 11 is 0. The Morgan fingerprint density at radius 1 is 1.37 bits per heavy atom. The quantitative estimate of drug-likeness (QED) is 0.676. The minimum Gasteiger partial charge on any atom is -0.476 e. The van der Waals surface area contributed by atoms with Crippen LogP contribution in [0.3, 0.4) is 0 Å². The van der Waals surface area contributed by atoms with Crippen molar-refractivity contribution in [1.29, 1.82) is 0 Å². The fraction of sp³-hybridized carbons (Fsp3) is 0. The van der Waals surface area contributed by atoms with Gasteiger partial charge in [-0.2, -0.15) is 5.10 Å². The fourth-order valence-electron chi connectivity index (χ4n) is 1.44. The molecule has 0 aliphatic carbocycles. The van der Waals surface area contributed by atoms with Crippen LogP contribution < -0.4 is 0 Å². The van der Waals surface area contributed by atoms with Crippen molar-refractivity contribution in [2.24, 2.45) is 0 Å². The Morgan fingerprint density at radius 3 is 2.37 bits per heavy atom. The summed E-state index contributed by atoms with van der Waals surface area (Å²) in [7, 11) is 0. The standard InChI is InChI=1S/C10H5F2N3O4/c11-6-3-5(15(18)19)4-7(12)9(6)14-2-1-8(13-14)10(16)17/h1-4H,(H,16,17). The monoisotopic (exact) mass is 269 g/mol. The predicted octanol–water partition coefficient (Wildman–Crippen LogP) is 1.76. The number of hydrogen-bond acceptors (Lipinski definition) is 4. The smallest absolute Gasteiger partial charge is 0.356 e. The molecule has 0 saturated carbocycles. The zero-order valence-corrected chi connectivity index (χ0v) is 9.08. The molecule has 19 heavy (non-hydrogen) atoms. The Kier molecular flexibility index (Phi) is 2.95. The highest BCUT2D eigenvalue weighted by Gasteiger charge is 2.20. The number of carbonyl (C=O) groups is 1. The average Bonchev–Trinajstić information content (AvgIpc) is 2.77. The van der Waals surface area contributed by atoms with E-state index >= 15 is 0 Å². The number of carboxylic acid groups (broad SMARTS) is 1. The number of aromatic carboxylic acids is 1. The number of nitro groups is 1. The van der Waals surface area contributed by atoms with Gasteiger partial charge in [0.2, 0.25) is 0 Å². The Morgan fingerprint density at radius 2 is 1.95 bits per heavy atom. The van der Waals surface area contributed by atoms with Gasteiger partial charge in [0.05, 0.1) is 17.1 Å². The van der Waals surface area contributed by atoms with Gasteiger partial charge in [-0.25, -0.2) is 18.3 Å². The molecule has 9 heteroatoms. The van der Waals surface area contributed by atoms with Crippen LogP contribution in [-0.4, -0.2) is 25.8 Å². The summed E-state index contributed by atoms with van der Waals surface area (Å²) in [4.78, 5) is 20.1. The van der Waals surface area contributed by atoms with Crippen LogP contribution in [0.2, 0.25) is 0 Å². The normalized spacial score (nSPS) is 10.4. The van der Waals surface area contributed by atoms with Gasteiger partial charge in [0.1, 0.15) is 5.69 Å². The molecule has 2 aromatic rings. The molecule has 0 radical (unpaired) electrons. The molecule has 0 bridgehead atoms. The van der Waals surface area contributed by atoms with Crippen LogP contribution in [0.25, 0.3) is 5.69 Å². The van der Waals surface area contributed by atoms with Gasteiger partial charge in [0.25, 0.3) is 5.69 Å². The number of hydrogen-bond donors (Lipinski definition) is 1. The van der Waals surface area contributed by atoms with Crippen LogP contribution in [0.4, 0.5) is 14.5 Å². The Bertz CT molecular complexity index is 660. The molecule has 0 atom stereocenters. The summed E-state index contributed by atoms with van der Waals surface area (Å²) in [5.41, 5.74) is -1.83. The average molecular weight is 269 g/mol. The number of nitro benzene ring substituents is 1. The van der Waals surface area contributed by atoms with Crippen molar-refractivity contribution < 1.29 is 23.6 Å². The molecule has 0 unspecified atom stereocenters. The van der Waals surface area contributed by atoms with E-state index in [9.17, 15) is 23.7 Å². The second-order valence-corrected chi connectivity index (χ2v) is 3.47. The first-order valence-corrected chi connectivity index (χ1v) is 4.83. The number of rotatable bonds is 3. The zero-order chi connectivity index (χ0) is 14.2. The molecule has 0 spiro atoms. The van der Waals surface area contributed by atoms with E-state index < -0.39 is 39.6 Å². The molecule has 0 fully saturated rings. The number of nitrogens with zero attached hydrogens (tertiary/aromatic N) is 3. The van der Waals surface area contributed by atoms with Crippen LogP contribution in [0.15, 0.2) is 24.4 Å². The van der Waals surface area contributed by atoms with E-state index in [-0.39, 0.29) is 0 Å². The molecular weight excluding hydrogens is 264 g/mol. The van der Waals surface area contributed by atoms with Crippen molar-refractivity contribution in [3.63, 3.8) is 0 Å². The van der Waals surface area contributed by atoms with Gasteiger partial charge in [0, 0.05) is 6.20 Å². The molecule has 1 heterocycles. The molecule has 1 aromatic carbocycles. The maximum Gasteiger partial charge on any atom is 0.356 e. The summed E-state index contributed by atoms with van der Waals surface area (Å²) in [6.45, 7) is 0.